The van der Waals surface area contributed by atoms with Crippen LogP contribution in [0.1, 0.15) is 31.4 Å². The van der Waals surface area contributed by atoms with Crippen molar-refractivity contribution in [1.82, 2.24) is 15.0 Å². The maximum absolute atomic E-state index is 13.9. The Morgan fingerprint density at radius 1 is 0.944 bits per heavy atom. The van der Waals surface area contributed by atoms with Crippen molar-refractivity contribution in [2.75, 3.05) is 40.9 Å². The zero-order valence-corrected chi connectivity index (χ0v) is 20.4. The van der Waals surface area contributed by atoms with Crippen molar-refractivity contribution in [3.05, 3.63) is 59.5 Å². The molecule has 6 nitrogen and oxygen atoms in total. The first-order valence-corrected chi connectivity index (χ1v) is 12.1. The van der Waals surface area contributed by atoms with Gasteiger partial charge in [0.05, 0.1) is 11.3 Å². The molecule has 1 aromatic carbocycles. The molecule has 0 amide bonds. The number of rotatable bonds is 4. The number of hydrogen-bond acceptors (Lipinski definition) is 6. The van der Waals surface area contributed by atoms with E-state index in [1.807, 2.05) is 13.0 Å². The summed E-state index contributed by atoms with van der Waals surface area (Å²) in [7, 11) is 0. The van der Waals surface area contributed by atoms with Gasteiger partial charge >= 0.3 is 6.18 Å². The van der Waals surface area contributed by atoms with Crippen molar-refractivity contribution in [2.24, 2.45) is 0 Å². The van der Waals surface area contributed by atoms with Crippen molar-refractivity contribution in [2.45, 2.75) is 45.5 Å². The van der Waals surface area contributed by atoms with Crippen LogP contribution in [0, 0.1) is 12.7 Å². The van der Waals surface area contributed by atoms with Gasteiger partial charge in [0.15, 0.2) is 0 Å². The minimum atomic E-state index is -4.47. The topological polar surface area (TPSA) is 48.4 Å². The third kappa shape index (κ3) is 4.56. The Morgan fingerprint density at radius 2 is 1.75 bits per heavy atom. The average Bonchev–Trinajstić information content (AvgIpc) is 2.84. The molecule has 36 heavy (non-hydrogen) atoms. The van der Waals surface area contributed by atoms with Crippen LogP contribution >= 0.6 is 0 Å². The second-order valence-electron chi connectivity index (χ2n) is 9.57. The normalized spacial score (nSPS) is 20.5. The first kappa shape index (κ1) is 24.3. The van der Waals surface area contributed by atoms with E-state index in [1.54, 1.807) is 24.0 Å². The number of halogens is 4. The van der Waals surface area contributed by atoms with Gasteiger partial charge in [0, 0.05) is 56.1 Å². The molecular formula is C26H28F4N6. The van der Waals surface area contributed by atoms with Crippen LogP contribution in [0.15, 0.2) is 42.6 Å². The molecule has 0 spiro atoms. The Bertz CT molecular complexity index is 1260. The van der Waals surface area contributed by atoms with Crippen molar-refractivity contribution < 1.29 is 17.6 Å². The predicted octanol–water partition coefficient (Wildman–Crippen LogP) is 5.32. The second kappa shape index (κ2) is 9.22. The lowest BCUT2D eigenvalue weighted by Gasteiger charge is -2.43. The van der Waals surface area contributed by atoms with Crippen LogP contribution in [-0.2, 0) is 6.18 Å². The largest absolute Gasteiger partial charge is 0.419 e. The molecule has 2 fully saturated rings. The minimum absolute atomic E-state index is 0.0447. The fourth-order valence-corrected chi connectivity index (χ4v) is 4.82. The monoisotopic (exact) mass is 500 g/mol. The Kier molecular flexibility index (Phi) is 6.22. The molecule has 10 heteroatoms. The van der Waals surface area contributed by atoms with Crippen LogP contribution in [0.2, 0.25) is 0 Å². The summed E-state index contributed by atoms with van der Waals surface area (Å²) in [5.74, 6) is 1.00. The molecule has 2 aliphatic rings. The summed E-state index contributed by atoms with van der Waals surface area (Å²) < 4.78 is 54.6. The fourth-order valence-electron chi connectivity index (χ4n) is 4.82. The van der Waals surface area contributed by atoms with Gasteiger partial charge in [-0.3, -0.25) is 0 Å². The summed E-state index contributed by atoms with van der Waals surface area (Å²) in [5, 5.41) is 0. The number of anilines is 3. The molecule has 0 saturated carbocycles. The third-order valence-corrected chi connectivity index (χ3v) is 7.04. The maximum atomic E-state index is 13.9. The highest BCUT2D eigenvalue weighted by Crippen LogP contribution is 2.37. The molecule has 3 aromatic rings. The fraction of sp³-hybridized carbons (Fsp3) is 0.423. The summed E-state index contributed by atoms with van der Waals surface area (Å²) in [6.45, 7) is 7.87. The average molecular weight is 501 g/mol. The van der Waals surface area contributed by atoms with E-state index in [-0.39, 0.29) is 17.7 Å². The molecular weight excluding hydrogens is 472 g/mol. The lowest BCUT2D eigenvalue weighted by molar-refractivity contribution is -0.137. The van der Waals surface area contributed by atoms with Crippen molar-refractivity contribution >= 4 is 17.6 Å². The number of hydrogen-bond donors (Lipinski definition) is 0. The van der Waals surface area contributed by atoms with E-state index in [4.69, 9.17) is 9.97 Å². The van der Waals surface area contributed by atoms with Crippen LogP contribution in [0.3, 0.4) is 0 Å². The molecule has 5 rings (SSSR count). The summed E-state index contributed by atoms with van der Waals surface area (Å²) in [5.41, 5.74) is 1.29. The van der Waals surface area contributed by atoms with Crippen LogP contribution in [0.25, 0.3) is 11.3 Å². The maximum Gasteiger partial charge on any atom is 0.419 e. The molecule has 2 saturated heterocycles. The summed E-state index contributed by atoms with van der Waals surface area (Å²) in [6.07, 6.45) is -2.02. The molecule has 4 heterocycles. The SMILES string of the molecule is Cc1cc(-c2cc(N3CCN(c4ncccc4C(F)(F)F)C[C@H]3C)nc(N3CCC3C)n2)ccc1F. The van der Waals surface area contributed by atoms with Gasteiger partial charge in [-0.25, -0.2) is 14.4 Å². The number of piperazine rings is 1. The minimum Gasteiger partial charge on any atom is -0.352 e. The van der Waals surface area contributed by atoms with E-state index in [2.05, 4.69) is 21.7 Å². The molecule has 2 aliphatic heterocycles. The number of nitrogens with zero attached hydrogens (tertiary/aromatic N) is 6. The standard InChI is InChI=1S/C26H28F4N6/c1-16-13-19(6-7-21(16)27)22-14-23(33-25(32-22)36-10-8-17(36)2)35-12-11-34(15-18(35)3)24-20(26(28,29)30)5-4-9-31-24/h4-7,9,13-14,17-18H,8,10-12,15H2,1-3H3/t17?,18-/m1/s1. The summed E-state index contributed by atoms with van der Waals surface area (Å²) in [4.78, 5) is 19.6. The van der Waals surface area contributed by atoms with E-state index >= 15 is 0 Å². The van der Waals surface area contributed by atoms with Crippen molar-refractivity contribution in [3.63, 3.8) is 0 Å². The van der Waals surface area contributed by atoms with Gasteiger partial charge in [-0.15, -0.1) is 0 Å². The molecule has 2 aromatic heterocycles. The van der Waals surface area contributed by atoms with Crippen molar-refractivity contribution in [1.29, 1.82) is 0 Å². The van der Waals surface area contributed by atoms with Gasteiger partial charge in [-0.05, 0) is 63.1 Å². The first-order chi connectivity index (χ1) is 17.1. The molecule has 0 radical (unpaired) electrons. The molecule has 2 atom stereocenters. The smallest absolute Gasteiger partial charge is 0.352 e. The third-order valence-electron chi connectivity index (χ3n) is 7.04. The Hall–Kier alpha value is -3.43. The van der Waals surface area contributed by atoms with Crippen LogP contribution < -0.4 is 14.7 Å². The molecule has 1 unspecified atom stereocenters. The van der Waals surface area contributed by atoms with E-state index in [0.29, 0.717) is 48.7 Å². The quantitative estimate of drug-likeness (QED) is 0.452. The van der Waals surface area contributed by atoms with Gasteiger partial charge in [-0.2, -0.15) is 18.2 Å². The lowest BCUT2D eigenvalue weighted by atomic mass is 10.1. The Balaban J connectivity index is 1.46. The van der Waals surface area contributed by atoms with Gasteiger partial charge in [0.2, 0.25) is 5.95 Å². The zero-order chi connectivity index (χ0) is 25.6. The lowest BCUT2D eigenvalue weighted by Crippen LogP contribution is -2.53. The van der Waals surface area contributed by atoms with Gasteiger partial charge in [-0.1, -0.05) is 0 Å². The Labute approximate surface area is 207 Å². The summed E-state index contributed by atoms with van der Waals surface area (Å²) in [6, 6.07) is 9.37. The summed E-state index contributed by atoms with van der Waals surface area (Å²) >= 11 is 0. The molecule has 190 valence electrons. The predicted molar refractivity (Wildman–Crippen MR) is 132 cm³/mol. The van der Waals surface area contributed by atoms with E-state index < -0.39 is 11.7 Å². The van der Waals surface area contributed by atoms with Gasteiger partial charge in [0.25, 0.3) is 0 Å². The number of aromatic nitrogens is 3. The highest BCUT2D eigenvalue weighted by Gasteiger charge is 2.37. The van der Waals surface area contributed by atoms with E-state index in [1.165, 1.54) is 18.3 Å². The first-order valence-electron chi connectivity index (χ1n) is 12.1. The number of alkyl halides is 3. The Morgan fingerprint density at radius 3 is 2.39 bits per heavy atom. The molecule has 0 bridgehead atoms. The molecule has 0 aliphatic carbocycles. The van der Waals surface area contributed by atoms with Crippen LogP contribution in [-0.4, -0.2) is 53.2 Å². The number of aryl methyl sites for hydroxylation is 1. The van der Waals surface area contributed by atoms with Gasteiger partial charge in [0.1, 0.15) is 17.5 Å². The number of benzene rings is 1. The highest BCUT2D eigenvalue weighted by molar-refractivity contribution is 5.67. The van der Waals surface area contributed by atoms with E-state index in [0.717, 1.165) is 24.6 Å². The number of pyridine rings is 1. The zero-order valence-electron chi connectivity index (χ0n) is 20.4. The van der Waals surface area contributed by atoms with Crippen LogP contribution in [0.4, 0.5) is 35.1 Å². The highest BCUT2D eigenvalue weighted by atomic mass is 19.4. The molecule has 0 N–H and O–H groups in total. The second-order valence-corrected chi connectivity index (χ2v) is 9.57. The van der Waals surface area contributed by atoms with E-state index in [9.17, 15) is 17.6 Å². The van der Waals surface area contributed by atoms with Crippen molar-refractivity contribution in [3.8, 4) is 11.3 Å². The van der Waals surface area contributed by atoms with Gasteiger partial charge < -0.3 is 14.7 Å². The van der Waals surface area contributed by atoms with Crippen LogP contribution in [0.5, 0.6) is 0 Å².